The molecule has 0 saturated heterocycles. The van der Waals surface area contributed by atoms with Crippen molar-refractivity contribution in [2.24, 2.45) is 0 Å². The van der Waals surface area contributed by atoms with Gasteiger partial charge in [0.2, 0.25) is 0 Å². The number of anilines is 1. The average Bonchev–Trinajstić information content (AvgIpc) is 2.91. The highest BCUT2D eigenvalue weighted by molar-refractivity contribution is 5.92. The summed E-state index contributed by atoms with van der Waals surface area (Å²) in [5.41, 5.74) is 7.33. The van der Waals surface area contributed by atoms with Crippen LogP contribution in [-0.4, -0.2) is 27.6 Å². The molecule has 0 N–H and O–H groups in total. The molecule has 1 aromatic carbocycles. The van der Waals surface area contributed by atoms with Crippen molar-refractivity contribution in [1.82, 2.24) is 14.5 Å². The molecule has 0 fully saturated rings. The van der Waals surface area contributed by atoms with Gasteiger partial charge in [0.25, 0.3) is 0 Å². The molecule has 3 rings (SSSR count). The van der Waals surface area contributed by atoms with Gasteiger partial charge in [0.1, 0.15) is 11.6 Å². The third kappa shape index (κ3) is 4.02. The Labute approximate surface area is 175 Å². The Morgan fingerprint density at radius 1 is 0.929 bits per heavy atom. The van der Waals surface area contributed by atoms with E-state index in [0.29, 0.717) is 0 Å². The monoisotopic (exact) mass is 399 g/mol. The Kier molecular flexibility index (Phi) is 7.11. The van der Waals surface area contributed by atoms with E-state index in [0.717, 1.165) is 30.4 Å². The van der Waals surface area contributed by atoms with Crippen molar-refractivity contribution in [3.8, 4) is 5.69 Å². The lowest BCUT2D eigenvalue weighted by Crippen LogP contribution is -3.00. The van der Waals surface area contributed by atoms with E-state index < -0.39 is 0 Å². The molecule has 0 unspecified atom stereocenters. The van der Waals surface area contributed by atoms with Gasteiger partial charge in [-0.25, -0.2) is 9.97 Å². The van der Waals surface area contributed by atoms with Gasteiger partial charge in [0, 0.05) is 19.3 Å². The first-order chi connectivity index (χ1) is 12.9. The van der Waals surface area contributed by atoms with Gasteiger partial charge < -0.3 is 21.9 Å². The van der Waals surface area contributed by atoms with E-state index >= 15 is 0 Å². The van der Waals surface area contributed by atoms with Crippen LogP contribution in [0.5, 0.6) is 0 Å². The van der Waals surface area contributed by atoms with E-state index in [1.807, 2.05) is 6.92 Å². The van der Waals surface area contributed by atoms with Crippen molar-refractivity contribution in [2.45, 2.75) is 61.3 Å². The molecule has 0 atom stereocenters. The lowest BCUT2D eigenvalue weighted by Gasteiger charge is -2.23. The van der Waals surface area contributed by atoms with Crippen molar-refractivity contribution in [3.63, 3.8) is 0 Å². The first-order valence-electron chi connectivity index (χ1n) is 10.1. The SMILES string of the molecule is CCCCN(CC)c1nc(C)nc2c1c(C)cn2-c1c(C)cc(C)cc1C.[Cl-]. The summed E-state index contributed by atoms with van der Waals surface area (Å²) in [4.78, 5) is 12.1. The summed E-state index contributed by atoms with van der Waals surface area (Å²) in [5, 5.41) is 1.18. The van der Waals surface area contributed by atoms with Gasteiger partial charge in [-0.1, -0.05) is 31.0 Å². The summed E-state index contributed by atoms with van der Waals surface area (Å²) in [6, 6.07) is 4.50. The Morgan fingerprint density at radius 2 is 1.57 bits per heavy atom. The van der Waals surface area contributed by atoms with Gasteiger partial charge in [-0.05, 0) is 64.7 Å². The van der Waals surface area contributed by atoms with Crippen LogP contribution in [0, 0.1) is 34.6 Å². The Hall–Kier alpha value is -2.07. The molecule has 2 aromatic heterocycles. The number of fused-ring (bicyclic) bond motifs is 1. The highest BCUT2D eigenvalue weighted by Gasteiger charge is 2.20. The Balaban J connectivity index is 0.00000280. The first-order valence-corrected chi connectivity index (χ1v) is 10.1. The predicted octanol–water partition coefficient (Wildman–Crippen LogP) is 2.59. The van der Waals surface area contributed by atoms with Crippen molar-refractivity contribution in [1.29, 1.82) is 0 Å². The van der Waals surface area contributed by atoms with Crippen molar-refractivity contribution in [3.05, 3.63) is 46.4 Å². The van der Waals surface area contributed by atoms with Gasteiger partial charge in [-0.3, -0.25) is 0 Å². The fraction of sp³-hybridized carbons (Fsp3) is 0.478. The number of nitrogens with zero attached hydrogens (tertiary/aromatic N) is 4. The number of unbranched alkanes of at least 4 members (excludes halogenated alkanes) is 1. The van der Waals surface area contributed by atoms with Crippen LogP contribution < -0.4 is 17.3 Å². The molecule has 0 aliphatic heterocycles. The van der Waals surface area contributed by atoms with Crippen molar-refractivity contribution < 1.29 is 12.4 Å². The predicted molar refractivity (Wildman–Crippen MR) is 115 cm³/mol. The molecule has 152 valence electrons. The van der Waals surface area contributed by atoms with E-state index in [1.165, 1.54) is 46.2 Å². The fourth-order valence-electron chi connectivity index (χ4n) is 4.10. The second-order valence-corrected chi connectivity index (χ2v) is 7.66. The molecule has 0 aliphatic carbocycles. The van der Waals surface area contributed by atoms with Gasteiger partial charge in [-0.2, -0.15) is 0 Å². The summed E-state index contributed by atoms with van der Waals surface area (Å²) < 4.78 is 2.26. The van der Waals surface area contributed by atoms with E-state index in [-0.39, 0.29) is 12.4 Å². The molecule has 0 radical (unpaired) electrons. The Bertz CT molecular complexity index is 951. The second-order valence-electron chi connectivity index (χ2n) is 7.66. The van der Waals surface area contributed by atoms with Gasteiger partial charge in [0.15, 0.2) is 5.65 Å². The zero-order chi connectivity index (χ0) is 19.7. The van der Waals surface area contributed by atoms with E-state index in [2.05, 4.69) is 69.3 Å². The zero-order valence-corrected chi connectivity index (χ0v) is 19.0. The number of aromatic nitrogens is 3. The van der Waals surface area contributed by atoms with Crippen LogP contribution >= 0.6 is 0 Å². The number of rotatable bonds is 6. The largest absolute Gasteiger partial charge is 1.00 e. The summed E-state index contributed by atoms with van der Waals surface area (Å²) in [6.07, 6.45) is 4.58. The van der Waals surface area contributed by atoms with Gasteiger partial charge in [-0.15, -0.1) is 0 Å². The maximum atomic E-state index is 4.86. The number of benzene rings is 1. The molecule has 28 heavy (non-hydrogen) atoms. The van der Waals surface area contributed by atoms with E-state index in [4.69, 9.17) is 9.97 Å². The van der Waals surface area contributed by atoms with Gasteiger partial charge >= 0.3 is 0 Å². The quantitative estimate of drug-likeness (QED) is 0.638. The highest BCUT2D eigenvalue weighted by atomic mass is 35.5. The minimum Gasteiger partial charge on any atom is -1.00 e. The van der Waals surface area contributed by atoms with Crippen LogP contribution in [0.25, 0.3) is 16.7 Å². The number of aryl methyl sites for hydroxylation is 5. The molecule has 5 heteroatoms. The van der Waals surface area contributed by atoms with E-state index in [9.17, 15) is 0 Å². The summed E-state index contributed by atoms with van der Waals surface area (Å²) >= 11 is 0. The standard InChI is InChI=1S/C23H32N4.ClH/c1-8-10-11-26(9-2)22-20-18(6)14-27(23(20)25-19(7)24-22)21-16(4)12-15(3)13-17(21)5;/h12-14H,8-11H2,1-7H3;1H/p-1. The molecule has 4 nitrogen and oxygen atoms in total. The van der Waals surface area contributed by atoms with Crippen LogP contribution in [-0.2, 0) is 0 Å². The molecule has 0 spiro atoms. The number of hydrogen-bond donors (Lipinski definition) is 0. The van der Waals surface area contributed by atoms with Gasteiger partial charge in [0.05, 0.1) is 11.1 Å². The first kappa shape index (κ1) is 22.2. The zero-order valence-electron chi connectivity index (χ0n) is 18.2. The molecule has 0 amide bonds. The van der Waals surface area contributed by atoms with Crippen LogP contribution in [0.15, 0.2) is 18.3 Å². The van der Waals surface area contributed by atoms with E-state index in [1.54, 1.807) is 0 Å². The van der Waals surface area contributed by atoms with Crippen LogP contribution in [0.2, 0.25) is 0 Å². The highest BCUT2D eigenvalue weighted by Crippen LogP contribution is 2.33. The summed E-state index contributed by atoms with van der Waals surface area (Å²) in [7, 11) is 0. The summed E-state index contributed by atoms with van der Waals surface area (Å²) in [5.74, 6) is 1.90. The van der Waals surface area contributed by atoms with Crippen LogP contribution in [0.3, 0.4) is 0 Å². The minimum absolute atomic E-state index is 0. The molecule has 2 heterocycles. The maximum absolute atomic E-state index is 4.86. The van der Waals surface area contributed by atoms with Crippen LogP contribution in [0.4, 0.5) is 5.82 Å². The van der Waals surface area contributed by atoms with Crippen LogP contribution in [0.1, 0.15) is 54.8 Å². The fourth-order valence-corrected chi connectivity index (χ4v) is 4.10. The normalized spacial score (nSPS) is 11.0. The number of hydrogen-bond acceptors (Lipinski definition) is 3. The lowest BCUT2D eigenvalue weighted by atomic mass is 10.1. The topological polar surface area (TPSA) is 34.0 Å². The molecule has 0 bridgehead atoms. The molecular weight excluding hydrogens is 368 g/mol. The third-order valence-corrected chi connectivity index (χ3v) is 5.27. The molecule has 0 saturated carbocycles. The molecular formula is C23H32ClN4-. The molecule has 0 aliphatic rings. The smallest absolute Gasteiger partial charge is 0.150 e. The minimum atomic E-state index is 0. The molecule has 3 aromatic rings. The Morgan fingerprint density at radius 3 is 2.14 bits per heavy atom. The second kappa shape index (κ2) is 8.95. The lowest BCUT2D eigenvalue weighted by molar-refractivity contribution is -0.00000619. The van der Waals surface area contributed by atoms with Crippen molar-refractivity contribution >= 4 is 16.9 Å². The maximum Gasteiger partial charge on any atom is 0.150 e. The van der Waals surface area contributed by atoms with Crippen molar-refractivity contribution in [2.75, 3.05) is 18.0 Å². The third-order valence-electron chi connectivity index (χ3n) is 5.27. The average molecular weight is 400 g/mol. The summed E-state index contributed by atoms with van der Waals surface area (Å²) in [6.45, 7) is 17.1. The number of halogens is 1.